The van der Waals surface area contributed by atoms with Crippen LogP contribution in [0.25, 0.3) is 10.8 Å². The third kappa shape index (κ3) is 3.43. The number of rotatable bonds is 4. The summed E-state index contributed by atoms with van der Waals surface area (Å²) in [5, 5.41) is 4.95. The molecule has 5 heteroatoms. The Morgan fingerprint density at radius 1 is 1.37 bits per heavy atom. The summed E-state index contributed by atoms with van der Waals surface area (Å²) in [6.07, 6.45) is 0. The average molecular weight is 278 g/mol. The maximum Gasteiger partial charge on any atom is 0.270 e. The SMILES string of the molecule is CN(C)CCNC(=O)c1cc2ccccc2c(Cl)n1. The van der Waals surface area contributed by atoms with Crippen molar-refractivity contribution in [2.24, 2.45) is 0 Å². The van der Waals surface area contributed by atoms with Gasteiger partial charge in [-0.05, 0) is 25.5 Å². The van der Waals surface area contributed by atoms with Gasteiger partial charge in [0.15, 0.2) is 0 Å². The highest BCUT2D eigenvalue weighted by atomic mass is 35.5. The molecular weight excluding hydrogens is 262 g/mol. The number of aromatic nitrogens is 1. The smallest absolute Gasteiger partial charge is 0.270 e. The Kier molecular flexibility index (Phi) is 4.35. The van der Waals surface area contributed by atoms with Crippen molar-refractivity contribution in [2.75, 3.05) is 27.2 Å². The van der Waals surface area contributed by atoms with Gasteiger partial charge in [0.1, 0.15) is 10.8 Å². The quantitative estimate of drug-likeness (QED) is 0.872. The van der Waals surface area contributed by atoms with E-state index in [2.05, 4.69) is 10.3 Å². The van der Waals surface area contributed by atoms with Gasteiger partial charge in [-0.1, -0.05) is 35.9 Å². The molecule has 0 saturated carbocycles. The van der Waals surface area contributed by atoms with Gasteiger partial charge in [0.25, 0.3) is 5.91 Å². The second-order valence-electron chi connectivity index (χ2n) is 4.58. The molecule has 1 aromatic heterocycles. The van der Waals surface area contributed by atoms with E-state index >= 15 is 0 Å². The summed E-state index contributed by atoms with van der Waals surface area (Å²) in [5.74, 6) is -0.200. The fraction of sp³-hybridized carbons (Fsp3) is 0.286. The molecule has 4 nitrogen and oxygen atoms in total. The highest BCUT2D eigenvalue weighted by Gasteiger charge is 2.10. The first-order valence-corrected chi connectivity index (χ1v) is 6.44. The Morgan fingerprint density at radius 2 is 2.11 bits per heavy atom. The largest absolute Gasteiger partial charge is 0.349 e. The molecule has 0 bridgehead atoms. The topological polar surface area (TPSA) is 45.2 Å². The van der Waals surface area contributed by atoms with Crippen LogP contribution in [-0.4, -0.2) is 43.0 Å². The van der Waals surface area contributed by atoms with Crippen molar-refractivity contribution in [3.63, 3.8) is 0 Å². The minimum absolute atomic E-state index is 0.200. The van der Waals surface area contributed by atoms with Crippen molar-refractivity contribution in [1.82, 2.24) is 15.2 Å². The normalized spacial score (nSPS) is 10.9. The van der Waals surface area contributed by atoms with Gasteiger partial charge in [-0.25, -0.2) is 4.98 Å². The Labute approximate surface area is 117 Å². The molecule has 0 unspecified atom stereocenters. The fourth-order valence-corrected chi connectivity index (χ4v) is 2.02. The molecule has 0 aliphatic heterocycles. The molecule has 2 aromatic rings. The van der Waals surface area contributed by atoms with Crippen molar-refractivity contribution in [2.45, 2.75) is 0 Å². The molecule has 0 saturated heterocycles. The van der Waals surface area contributed by atoms with Gasteiger partial charge in [-0.15, -0.1) is 0 Å². The third-order valence-corrected chi connectivity index (χ3v) is 3.06. The van der Waals surface area contributed by atoms with Crippen LogP contribution in [0.5, 0.6) is 0 Å². The number of nitrogens with zero attached hydrogens (tertiary/aromatic N) is 2. The summed E-state index contributed by atoms with van der Waals surface area (Å²) in [6.45, 7) is 1.37. The molecule has 1 heterocycles. The number of nitrogens with one attached hydrogen (secondary N) is 1. The van der Waals surface area contributed by atoms with E-state index in [0.29, 0.717) is 17.4 Å². The Hall–Kier alpha value is -1.65. The zero-order valence-electron chi connectivity index (χ0n) is 11.0. The van der Waals surface area contributed by atoms with E-state index in [-0.39, 0.29) is 5.91 Å². The number of carbonyl (C=O) groups excluding carboxylic acids is 1. The maximum atomic E-state index is 12.0. The summed E-state index contributed by atoms with van der Waals surface area (Å²) in [6, 6.07) is 9.36. The number of hydrogen-bond donors (Lipinski definition) is 1. The molecule has 100 valence electrons. The van der Waals surface area contributed by atoms with Crippen molar-refractivity contribution in [3.05, 3.63) is 41.2 Å². The van der Waals surface area contributed by atoms with Crippen molar-refractivity contribution < 1.29 is 4.79 Å². The minimum atomic E-state index is -0.200. The van der Waals surface area contributed by atoms with E-state index in [1.54, 1.807) is 6.07 Å². The minimum Gasteiger partial charge on any atom is -0.349 e. The molecule has 0 fully saturated rings. The first kappa shape index (κ1) is 13.8. The lowest BCUT2D eigenvalue weighted by molar-refractivity contribution is 0.0946. The zero-order chi connectivity index (χ0) is 13.8. The molecule has 0 atom stereocenters. The lowest BCUT2D eigenvalue weighted by Gasteiger charge is -2.10. The first-order chi connectivity index (χ1) is 9.08. The van der Waals surface area contributed by atoms with Crippen LogP contribution in [0.1, 0.15) is 10.5 Å². The van der Waals surface area contributed by atoms with Gasteiger partial charge in [0.05, 0.1) is 0 Å². The predicted octanol–water partition coefficient (Wildman–Crippen LogP) is 2.18. The number of likely N-dealkylation sites (N-methyl/N-ethyl adjacent to an activating group) is 1. The molecule has 1 amide bonds. The molecule has 1 N–H and O–H groups in total. The van der Waals surface area contributed by atoms with Crippen LogP contribution >= 0.6 is 11.6 Å². The Morgan fingerprint density at radius 3 is 2.84 bits per heavy atom. The van der Waals surface area contributed by atoms with Gasteiger partial charge in [-0.2, -0.15) is 0 Å². The summed E-state index contributed by atoms with van der Waals surface area (Å²) in [5.41, 5.74) is 0.349. The molecule has 0 aliphatic rings. The van der Waals surface area contributed by atoms with Crippen LogP contribution in [0, 0.1) is 0 Å². The standard InChI is InChI=1S/C14H16ClN3O/c1-18(2)8-7-16-14(19)12-9-10-5-3-4-6-11(10)13(15)17-12/h3-6,9H,7-8H2,1-2H3,(H,16,19). The number of halogens is 1. The van der Waals surface area contributed by atoms with Crippen molar-refractivity contribution in [3.8, 4) is 0 Å². The van der Waals surface area contributed by atoms with E-state index < -0.39 is 0 Å². The van der Waals surface area contributed by atoms with Gasteiger partial charge in [-0.3, -0.25) is 4.79 Å². The van der Waals surface area contributed by atoms with E-state index in [9.17, 15) is 4.79 Å². The van der Waals surface area contributed by atoms with Gasteiger partial charge in [0.2, 0.25) is 0 Å². The Bertz CT molecular complexity index is 598. The van der Waals surface area contributed by atoms with E-state index in [1.807, 2.05) is 43.3 Å². The van der Waals surface area contributed by atoms with E-state index in [4.69, 9.17) is 11.6 Å². The summed E-state index contributed by atoms with van der Waals surface area (Å²) in [7, 11) is 3.91. The zero-order valence-corrected chi connectivity index (χ0v) is 11.7. The second kappa shape index (κ2) is 5.99. The lowest BCUT2D eigenvalue weighted by Crippen LogP contribution is -2.31. The number of carbonyl (C=O) groups is 1. The van der Waals surface area contributed by atoms with Gasteiger partial charge < -0.3 is 10.2 Å². The fourth-order valence-electron chi connectivity index (χ4n) is 1.76. The van der Waals surface area contributed by atoms with E-state index in [0.717, 1.165) is 17.3 Å². The maximum absolute atomic E-state index is 12.0. The molecule has 0 radical (unpaired) electrons. The predicted molar refractivity (Wildman–Crippen MR) is 77.6 cm³/mol. The monoisotopic (exact) mass is 277 g/mol. The second-order valence-corrected chi connectivity index (χ2v) is 4.94. The van der Waals surface area contributed by atoms with Crippen LogP contribution in [0.15, 0.2) is 30.3 Å². The van der Waals surface area contributed by atoms with E-state index in [1.165, 1.54) is 0 Å². The lowest BCUT2D eigenvalue weighted by atomic mass is 10.1. The molecule has 0 spiro atoms. The van der Waals surface area contributed by atoms with Crippen molar-refractivity contribution in [1.29, 1.82) is 0 Å². The molecule has 1 aromatic carbocycles. The number of amides is 1. The van der Waals surface area contributed by atoms with Crippen LogP contribution in [0.3, 0.4) is 0 Å². The number of pyridine rings is 1. The van der Waals surface area contributed by atoms with Crippen LogP contribution in [0.2, 0.25) is 5.15 Å². The molecule has 2 rings (SSSR count). The average Bonchev–Trinajstić information content (AvgIpc) is 2.38. The number of benzene rings is 1. The highest BCUT2D eigenvalue weighted by molar-refractivity contribution is 6.34. The Balaban J connectivity index is 2.18. The number of hydrogen-bond acceptors (Lipinski definition) is 3. The van der Waals surface area contributed by atoms with Crippen LogP contribution in [0.4, 0.5) is 0 Å². The number of fused-ring (bicyclic) bond motifs is 1. The van der Waals surface area contributed by atoms with Crippen molar-refractivity contribution >= 4 is 28.3 Å². The molecule has 19 heavy (non-hydrogen) atoms. The molecular formula is C14H16ClN3O. The molecule has 0 aliphatic carbocycles. The summed E-state index contributed by atoms with van der Waals surface area (Å²) in [4.78, 5) is 18.1. The third-order valence-electron chi connectivity index (χ3n) is 2.77. The van der Waals surface area contributed by atoms with Gasteiger partial charge in [0, 0.05) is 18.5 Å². The van der Waals surface area contributed by atoms with Gasteiger partial charge >= 0.3 is 0 Å². The summed E-state index contributed by atoms with van der Waals surface area (Å²) < 4.78 is 0. The highest BCUT2D eigenvalue weighted by Crippen LogP contribution is 2.22. The first-order valence-electron chi connectivity index (χ1n) is 6.06. The van der Waals surface area contributed by atoms with Crippen LogP contribution < -0.4 is 5.32 Å². The van der Waals surface area contributed by atoms with Crippen LogP contribution in [-0.2, 0) is 0 Å². The summed E-state index contributed by atoms with van der Waals surface area (Å²) >= 11 is 6.09.